The number of rotatable bonds is 5. The largest absolute Gasteiger partial charge is 0.289 e. The third kappa shape index (κ3) is 3.89. The summed E-state index contributed by atoms with van der Waals surface area (Å²) in [5, 5.41) is 0. The summed E-state index contributed by atoms with van der Waals surface area (Å²) < 4.78 is 1.80. The van der Waals surface area contributed by atoms with Gasteiger partial charge in [-0.3, -0.25) is 9.59 Å². The summed E-state index contributed by atoms with van der Waals surface area (Å²) in [6.45, 7) is 4.18. The standard InChI is InChI=1S/C22H20NO2/c1-16-8-9-17(2)20(14-16)21(24)15-23-12-10-19(11-13-23)22(25)18-6-4-3-5-7-18/h3-14H,15H2,1-2H3/q+1. The molecule has 0 aliphatic rings. The first-order chi connectivity index (χ1) is 12.0. The normalized spacial score (nSPS) is 10.5. The highest BCUT2D eigenvalue weighted by Gasteiger charge is 2.16. The van der Waals surface area contributed by atoms with Gasteiger partial charge in [-0.05, 0) is 25.5 Å². The molecule has 0 atom stereocenters. The van der Waals surface area contributed by atoms with Crippen LogP contribution in [0.1, 0.15) is 37.4 Å². The van der Waals surface area contributed by atoms with E-state index in [1.54, 1.807) is 41.2 Å². The van der Waals surface area contributed by atoms with Crippen LogP contribution in [0.5, 0.6) is 0 Å². The number of hydrogen-bond acceptors (Lipinski definition) is 2. The monoisotopic (exact) mass is 330 g/mol. The molecule has 3 heteroatoms. The first-order valence-electron chi connectivity index (χ1n) is 8.24. The van der Waals surface area contributed by atoms with Gasteiger partial charge >= 0.3 is 0 Å². The van der Waals surface area contributed by atoms with Gasteiger partial charge in [-0.15, -0.1) is 0 Å². The lowest BCUT2D eigenvalue weighted by Gasteiger charge is -2.05. The third-order valence-electron chi connectivity index (χ3n) is 4.21. The predicted octanol–water partition coefficient (Wildman–Crippen LogP) is 3.70. The molecule has 0 bridgehead atoms. The Labute approximate surface area is 147 Å². The van der Waals surface area contributed by atoms with Crippen LogP contribution in [0.25, 0.3) is 0 Å². The van der Waals surface area contributed by atoms with E-state index in [4.69, 9.17) is 0 Å². The second kappa shape index (κ2) is 7.22. The molecule has 0 aliphatic carbocycles. The van der Waals surface area contributed by atoms with Gasteiger partial charge in [-0.2, -0.15) is 4.57 Å². The lowest BCUT2D eigenvalue weighted by atomic mass is 10.0. The fraction of sp³-hybridized carbons (Fsp3) is 0.136. The van der Waals surface area contributed by atoms with Crippen LogP contribution in [-0.4, -0.2) is 11.6 Å². The summed E-state index contributed by atoms with van der Waals surface area (Å²) in [6.07, 6.45) is 3.55. The number of carbonyl (C=O) groups excluding carboxylic acids is 2. The molecule has 1 aromatic heterocycles. The Balaban J connectivity index is 1.76. The molecular weight excluding hydrogens is 310 g/mol. The van der Waals surface area contributed by atoms with E-state index in [9.17, 15) is 9.59 Å². The lowest BCUT2D eigenvalue weighted by Crippen LogP contribution is -2.37. The van der Waals surface area contributed by atoms with E-state index in [1.165, 1.54) is 0 Å². The molecule has 0 saturated carbocycles. The topological polar surface area (TPSA) is 38.0 Å². The Bertz CT molecular complexity index is 913. The van der Waals surface area contributed by atoms with Gasteiger partial charge in [0.1, 0.15) is 0 Å². The highest BCUT2D eigenvalue weighted by Crippen LogP contribution is 2.12. The summed E-state index contributed by atoms with van der Waals surface area (Å²) in [6, 6.07) is 18.6. The highest BCUT2D eigenvalue weighted by molar-refractivity contribution is 6.08. The number of aryl methyl sites for hydroxylation is 2. The quantitative estimate of drug-likeness (QED) is 0.528. The SMILES string of the molecule is Cc1ccc(C)c(C(=O)C[n+]2ccc(C(=O)c3ccccc3)cc2)c1. The van der Waals surface area contributed by atoms with Gasteiger partial charge in [0.2, 0.25) is 12.3 Å². The van der Waals surface area contributed by atoms with Gasteiger partial charge in [0, 0.05) is 28.8 Å². The smallest absolute Gasteiger partial charge is 0.227 e. The van der Waals surface area contributed by atoms with Crippen molar-refractivity contribution in [1.29, 1.82) is 0 Å². The zero-order valence-electron chi connectivity index (χ0n) is 14.4. The van der Waals surface area contributed by atoms with Crippen LogP contribution in [0, 0.1) is 13.8 Å². The number of carbonyl (C=O) groups is 2. The van der Waals surface area contributed by atoms with Gasteiger partial charge in [0.15, 0.2) is 18.2 Å². The third-order valence-corrected chi connectivity index (χ3v) is 4.21. The van der Waals surface area contributed by atoms with Crippen molar-refractivity contribution in [1.82, 2.24) is 0 Å². The molecule has 3 rings (SSSR count). The molecule has 124 valence electrons. The van der Waals surface area contributed by atoms with Crippen molar-refractivity contribution in [2.24, 2.45) is 0 Å². The summed E-state index contributed by atoms with van der Waals surface area (Å²) in [7, 11) is 0. The van der Waals surface area contributed by atoms with E-state index in [0.29, 0.717) is 11.1 Å². The molecule has 0 unspecified atom stereocenters. The maximum absolute atomic E-state index is 12.5. The molecule has 0 aliphatic heterocycles. The second-order valence-corrected chi connectivity index (χ2v) is 6.20. The van der Waals surface area contributed by atoms with E-state index >= 15 is 0 Å². The maximum Gasteiger partial charge on any atom is 0.227 e. The van der Waals surface area contributed by atoms with Gasteiger partial charge < -0.3 is 0 Å². The summed E-state index contributed by atoms with van der Waals surface area (Å²) in [4.78, 5) is 24.9. The fourth-order valence-corrected chi connectivity index (χ4v) is 2.76. The number of pyridine rings is 1. The molecular formula is C22H20NO2+. The number of hydrogen-bond donors (Lipinski definition) is 0. The van der Waals surface area contributed by atoms with Crippen LogP contribution in [0.2, 0.25) is 0 Å². The first kappa shape index (κ1) is 16.8. The first-order valence-corrected chi connectivity index (χ1v) is 8.24. The molecule has 0 saturated heterocycles. The lowest BCUT2D eigenvalue weighted by molar-refractivity contribution is -0.683. The highest BCUT2D eigenvalue weighted by atomic mass is 16.1. The maximum atomic E-state index is 12.5. The zero-order valence-corrected chi connectivity index (χ0v) is 14.4. The van der Waals surface area contributed by atoms with Crippen LogP contribution < -0.4 is 4.57 Å². The van der Waals surface area contributed by atoms with Crippen molar-refractivity contribution in [2.75, 3.05) is 0 Å². The van der Waals surface area contributed by atoms with Crippen LogP contribution in [0.3, 0.4) is 0 Å². The van der Waals surface area contributed by atoms with E-state index in [1.807, 2.05) is 50.2 Å². The number of aromatic nitrogens is 1. The van der Waals surface area contributed by atoms with Crippen molar-refractivity contribution < 1.29 is 14.2 Å². The molecule has 3 aromatic rings. The summed E-state index contributed by atoms with van der Waals surface area (Å²) >= 11 is 0. The molecule has 0 fully saturated rings. The molecule has 2 aromatic carbocycles. The Kier molecular flexibility index (Phi) is 4.85. The molecule has 0 amide bonds. The van der Waals surface area contributed by atoms with Gasteiger partial charge in [-0.25, -0.2) is 0 Å². The van der Waals surface area contributed by atoms with E-state index in [-0.39, 0.29) is 18.1 Å². The van der Waals surface area contributed by atoms with Crippen molar-refractivity contribution in [3.8, 4) is 0 Å². The Morgan fingerprint density at radius 1 is 0.840 bits per heavy atom. The van der Waals surface area contributed by atoms with Gasteiger partial charge in [0.05, 0.1) is 0 Å². The van der Waals surface area contributed by atoms with Crippen LogP contribution in [0.15, 0.2) is 73.1 Å². The second-order valence-electron chi connectivity index (χ2n) is 6.20. The predicted molar refractivity (Wildman–Crippen MR) is 96.8 cm³/mol. The van der Waals surface area contributed by atoms with Crippen molar-refractivity contribution >= 4 is 11.6 Å². The van der Waals surface area contributed by atoms with Crippen LogP contribution in [0.4, 0.5) is 0 Å². The number of nitrogens with zero attached hydrogens (tertiary/aromatic N) is 1. The average Bonchev–Trinajstić information content (AvgIpc) is 2.64. The number of ketones is 2. The van der Waals surface area contributed by atoms with Gasteiger partial charge in [0.25, 0.3) is 0 Å². The number of Topliss-reactive ketones (excluding diaryl/α,β-unsaturated/α-hetero) is 1. The molecule has 0 N–H and O–H groups in total. The minimum atomic E-state index is -0.0198. The van der Waals surface area contributed by atoms with Crippen LogP contribution in [-0.2, 0) is 6.54 Å². The Hall–Kier alpha value is -3.07. The Morgan fingerprint density at radius 2 is 1.48 bits per heavy atom. The van der Waals surface area contributed by atoms with E-state index in [0.717, 1.165) is 16.7 Å². The fourth-order valence-electron chi connectivity index (χ4n) is 2.76. The average molecular weight is 330 g/mol. The van der Waals surface area contributed by atoms with E-state index in [2.05, 4.69) is 0 Å². The molecule has 3 nitrogen and oxygen atoms in total. The van der Waals surface area contributed by atoms with Gasteiger partial charge in [-0.1, -0.05) is 48.0 Å². The minimum Gasteiger partial charge on any atom is -0.289 e. The zero-order chi connectivity index (χ0) is 17.8. The number of benzene rings is 2. The van der Waals surface area contributed by atoms with Crippen molar-refractivity contribution in [3.63, 3.8) is 0 Å². The summed E-state index contributed by atoms with van der Waals surface area (Å²) in [5.74, 6) is 0.0435. The van der Waals surface area contributed by atoms with E-state index < -0.39 is 0 Å². The van der Waals surface area contributed by atoms with Crippen molar-refractivity contribution in [2.45, 2.75) is 20.4 Å². The molecule has 0 spiro atoms. The molecule has 1 heterocycles. The Morgan fingerprint density at radius 3 is 2.16 bits per heavy atom. The van der Waals surface area contributed by atoms with Crippen LogP contribution >= 0.6 is 0 Å². The summed E-state index contributed by atoms with van der Waals surface area (Å²) in [5.41, 5.74) is 4.07. The molecule has 0 radical (unpaired) electrons. The van der Waals surface area contributed by atoms with Crippen molar-refractivity contribution in [3.05, 3.63) is 101 Å². The molecule has 25 heavy (non-hydrogen) atoms. The minimum absolute atomic E-state index is 0.0198.